The maximum absolute atomic E-state index is 12.4. The zero-order chi connectivity index (χ0) is 17.8. The Hall–Kier alpha value is -2.08. The highest BCUT2D eigenvalue weighted by atomic mass is 16.5. The molecule has 25 heavy (non-hydrogen) atoms. The van der Waals surface area contributed by atoms with Gasteiger partial charge in [-0.1, -0.05) is 0 Å². The van der Waals surface area contributed by atoms with Gasteiger partial charge < -0.3 is 20.3 Å². The van der Waals surface area contributed by atoms with E-state index < -0.39 is 0 Å². The molecule has 136 valence electrons. The van der Waals surface area contributed by atoms with Crippen molar-refractivity contribution < 1.29 is 14.3 Å². The molecule has 0 radical (unpaired) electrons. The van der Waals surface area contributed by atoms with Gasteiger partial charge in [-0.05, 0) is 63.3 Å². The first kappa shape index (κ1) is 17.7. The average molecular weight is 345 g/mol. The minimum atomic E-state index is -0.246. The van der Waals surface area contributed by atoms with Gasteiger partial charge in [0, 0.05) is 30.9 Å². The van der Waals surface area contributed by atoms with Crippen LogP contribution in [0.5, 0.6) is 0 Å². The number of benzene rings is 1. The molecular formula is C19H27N3O3. The zero-order valence-corrected chi connectivity index (χ0v) is 15.0. The fourth-order valence-corrected chi connectivity index (χ4v) is 3.49. The summed E-state index contributed by atoms with van der Waals surface area (Å²) in [6.45, 7) is 6.30. The molecule has 0 spiro atoms. The van der Waals surface area contributed by atoms with Gasteiger partial charge in [0.1, 0.15) is 0 Å². The van der Waals surface area contributed by atoms with Crippen molar-refractivity contribution in [2.24, 2.45) is 0 Å². The summed E-state index contributed by atoms with van der Waals surface area (Å²) in [5.74, 6) is 0.0728. The average Bonchev–Trinajstić information content (AvgIpc) is 3.29. The molecule has 0 saturated carbocycles. The molecular weight excluding hydrogens is 318 g/mol. The number of ether oxygens (including phenoxy) is 1. The van der Waals surface area contributed by atoms with Gasteiger partial charge in [0.15, 0.2) is 0 Å². The van der Waals surface area contributed by atoms with Crippen LogP contribution in [-0.2, 0) is 4.74 Å². The molecule has 1 aromatic carbocycles. The Bertz CT molecular complexity index is 635. The van der Waals surface area contributed by atoms with E-state index in [4.69, 9.17) is 4.74 Å². The summed E-state index contributed by atoms with van der Waals surface area (Å²) in [4.78, 5) is 26.5. The number of hydrogen-bond donors (Lipinski definition) is 2. The number of nitrogens with one attached hydrogen (secondary N) is 2. The van der Waals surface area contributed by atoms with E-state index in [1.165, 1.54) is 0 Å². The number of carbonyl (C=O) groups excluding carboxylic acids is 2. The lowest BCUT2D eigenvalue weighted by Gasteiger charge is -2.21. The predicted molar refractivity (Wildman–Crippen MR) is 96.9 cm³/mol. The molecule has 2 unspecified atom stereocenters. The van der Waals surface area contributed by atoms with Crippen LogP contribution in [0.4, 0.5) is 10.5 Å². The maximum Gasteiger partial charge on any atom is 0.319 e. The first-order chi connectivity index (χ1) is 12.0. The smallest absolute Gasteiger partial charge is 0.319 e. The first-order valence-electron chi connectivity index (χ1n) is 9.13. The topological polar surface area (TPSA) is 70.7 Å². The molecule has 0 aromatic heterocycles. The normalized spacial score (nSPS) is 21.2. The van der Waals surface area contributed by atoms with Gasteiger partial charge in [0.05, 0.1) is 12.1 Å². The van der Waals surface area contributed by atoms with Crippen molar-refractivity contribution >= 4 is 17.6 Å². The third-order valence-electron chi connectivity index (χ3n) is 5.00. The zero-order valence-electron chi connectivity index (χ0n) is 15.0. The van der Waals surface area contributed by atoms with Gasteiger partial charge in [-0.2, -0.15) is 0 Å². The van der Waals surface area contributed by atoms with Crippen LogP contribution in [0.2, 0.25) is 0 Å². The van der Waals surface area contributed by atoms with Crippen LogP contribution in [-0.4, -0.2) is 48.7 Å². The van der Waals surface area contributed by atoms with Crippen LogP contribution in [0.25, 0.3) is 0 Å². The summed E-state index contributed by atoms with van der Waals surface area (Å²) >= 11 is 0. The lowest BCUT2D eigenvalue weighted by Crippen LogP contribution is -2.43. The molecule has 6 heteroatoms. The second-order valence-electron chi connectivity index (χ2n) is 6.97. The minimum absolute atomic E-state index is 0.0289. The number of anilines is 1. The Morgan fingerprint density at radius 3 is 2.64 bits per heavy atom. The van der Waals surface area contributed by atoms with Crippen LogP contribution in [0.15, 0.2) is 18.2 Å². The minimum Gasteiger partial charge on any atom is -0.376 e. The van der Waals surface area contributed by atoms with Crippen molar-refractivity contribution in [2.45, 2.75) is 51.7 Å². The van der Waals surface area contributed by atoms with E-state index in [1.807, 2.05) is 24.8 Å². The van der Waals surface area contributed by atoms with Gasteiger partial charge in [-0.25, -0.2) is 4.79 Å². The molecule has 2 saturated heterocycles. The monoisotopic (exact) mass is 345 g/mol. The second kappa shape index (κ2) is 7.87. The van der Waals surface area contributed by atoms with Gasteiger partial charge in [-0.15, -0.1) is 0 Å². The Morgan fingerprint density at radius 1 is 1.24 bits per heavy atom. The standard InChI is InChI=1S/C19H27N3O3/c1-13-12-15(18(23)22-9-3-4-10-22)7-8-16(13)21-19(24)20-14(2)17-6-5-11-25-17/h7-8,12,14,17H,3-6,9-11H2,1-2H3,(H2,20,21,24). The molecule has 6 nitrogen and oxygen atoms in total. The molecule has 2 N–H and O–H groups in total. The summed E-state index contributed by atoms with van der Waals surface area (Å²) in [5, 5.41) is 5.80. The van der Waals surface area contributed by atoms with Crippen molar-refractivity contribution in [1.29, 1.82) is 0 Å². The Labute approximate surface area is 148 Å². The third kappa shape index (κ3) is 4.31. The Balaban J connectivity index is 1.58. The molecule has 2 heterocycles. The van der Waals surface area contributed by atoms with E-state index >= 15 is 0 Å². The third-order valence-corrected chi connectivity index (χ3v) is 5.00. The molecule has 2 atom stereocenters. The number of amides is 3. The summed E-state index contributed by atoms with van der Waals surface area (Å²) in [5.41, 5.74) is 2.28. The number of urea groups is 1. The van der Waals surface area contributed by atoms with E-state index in [0.717, 1.165) is 56.6 Å². The molecule has 3 amide bonds. The molecule has 1 aromatic rings. The van der Waals surface area contributed by atoms with Gasteiger partial charge in [0.25, 0.3) is 5.91 Å². The van der Waals surface area contributed by atoms with Crippen molar-refractivity contribution in [3.8, 4) is 0 Å². The van der Waals surface area contributed by atoms with E-state index in [1.54, 1.807) is 12.1 Å². The summed E-state index contributed by atoms with van der Waals surface area (Å²) < 4.78 is 5.60. The van der Waals surface area contributed by atoms with Gasteiger partial charge >= 0.3 is 6.03 Å². The van der Waals surface area contributed by atoms with E-state index in [2.05, 4.69) is 10.6 Å². The lowest BCUT2D eigenvalue weighted by molar-refractivity contribution is 0.0792. The molecule has 0 aliphatic carbocycles. The number of aryl methyl sites for hydroxylation is 1. The number of nitrogens with zero attached hydrogens (tertiary/aromatic N) is 1. The van der Waals surface area contributed by atoms with Crippen LogP contribution in [0.3, 0.4) is 0 Å². The number of rotatable bonds is 4. The number of hydrogen-bond acceptors (Lipinski definition) is 3. The van der Waals surface area contributed by atoms with Crippen molar-refractivity contribution in [3.63, 3.8) is 0 Å². The van der Waals surface area contributed by atoms with Gasteiger partial charge in [0.2, 0.25) is 0 Å². The number of carbonyl (C=O) groups is 2. The van der Waals surface area contributed by atoms with Crippen LogP contribution >= 0.6 is 0 Å². The summed E-state index contributed by atoms with van der Waals surface area (Å²) in [6, 6.07) is 5.16. The first-order valence-corrected chi connectivity index (χ1v) is 9.13. The highest BCUT2D eigenvalue weighted by Crippen LogP contribution is 2.20. The van der Waals surface area contributed by atoms with Gasteiger partial charge in [-0.3, -0.25) is 4.79 Å². The predicted octanol–water partition coefficient (Wildman–Crippen LogP) is 2.92. The van der Waals surface area contributed by atoms with Crippen LogP contribution in [0, 0.1) is 6.92 Å². The van der Waals surface area contributed by atoms with E-state index in [9.17, 15) is 9.59 Å². The number of likely N-dealkylation sites (tertiary alicyclic amines) is 1. The van der Waals surface area contributed by atoms with Crippen molar-refractivity contribution in [3.05, 3.63) is 29.3 Å². The van der Waals surface area contributed by atoms with E-state index in [-0.39, 0.29) is 24.1 Å². The van der Waals surface area contributed by atoms with Crippen LogP contribution in [0.1, 0.15) is 48.5 Å². The maximum atomic E-state index is 12.4. The second-order valence-corrected chi connectivity index (χ2v) is 6.97. The largest absolute Gasteiger partial charge is 0.376 e. The summed E-state index contributed by atoms with van der Waals surface area (Å²) in [7, 11) is 0. The molecule has 2 aliphatic rings. The fraction of sp³-hybridized carbons (Fsp3) is 0.579. The highest BCUT2D eigenvalue weighted by molar-refractivity contribution is 5.96. The Kier molecular flexibility index (Phi) is 5.58. The fourth-order valence-electron chi connectivity index (χ4n) is 3.49. The molecule has 3 rings (SSSR count). The highest BCUT2D eigenvalue weighted by Gasteiger charge is 2.24. The van der Waals surface area contributed by atoms with Crippen molar-refractivity contribution in [2.75, 3.05) is 25.0 Å². The molecule has 0 bridgehead atoms. The molecule has 2 aliphatic heterocycles. The van der Waals surface area contributed by atoms with E-state index in [0.29, 0.717) is 5.56 Å². The Morgan fingerprint density at radius 2 is 2.00 bits per heavy atom. The quantitative estimate of drug-likeness (QED) is 0.881. The lowest BCUT2D eigenvalue weighted by atomic mass is 10.1. The summed E-state index contributed by atoms with van der Waals surface area (Å²) in [6.07, 6.45) is 4.27. The van der Waals surface area contributed by atoms with Crippen molar-refractivity contribution in [1.82, 2.24) is 10.2 Å². The molecule has 2 fully saturated rings. The SMILES string of the molecule is Cc1cc(C(=O)N2CCCC2)ccc1NC(=O)NC(C)C1CCCO1. The van der Waals surface area contributed by atoms with Crippen LogP contribution < -0.4 is 10.6 Å².